The predicted molar refractivity (Wildman–Crippen MR) is 104 cm³/mol. The van der Waals surface area contributed by atoms with Crippen LogP contribution in [0.1, 0.15) is 38.8 Å². The van der Waals surface area contributed by atoms with E-state index in [2.05, 4.69) is 41.3 Å². The van der Waals surface area contributed by atoms with Crippen molar-refractivity contribution >= 4 is 39.6 Å². The Labute approximate surface area is 151 Å². The molecule has 3 rings (SSSR count). The second kappa shape index (κ2) is 7.70. The van der Waals surface area contributed by atoms with Gasteiger partial charge in [-0.3, -0.25) is 0 Å². The minimum absolute atomic E-state index is 0.0983. The zero-order valence-corrected chi connectivity index (χ0v) is 15.1. The minimum atomic E-state index is -0.426. The Morgan fingerprint density at radius 3 is 2.84 bits per heavy atom. The molecule has 0 unspecified atom stereocenters. The Balaban J connectivity index is 1.99. The molecule has 5 heteroatoms. The highest BCUT2D eigenvalue weighted by molar-refractivity contribution is 6.31. The van der Waals surface area contributed by atoms with Crippen LogP contribution in [-0.2, 0) is 0 Å². The normalized spacial score (nSPS) is 11.9. The van der Waals surface area contributed by atoms with E-state index in [9.17, 15) is 4.39 Å². The van der Waals surface area contributed by atoms with Gasteiger partial charge in [-0.2, -0.15) is 0 Å². The third-order valence-corrected chi connectivity index (χ3v) is 4.34. The zero-order valence-electron chi connectivity index (χ0n) is 14.4. The molecule has 3 nitrogen and oxygen atoms in total. The monoisotopic (exact) mass is 357 g/mol. The van der Waals surface area contributed by atoms with Gasteiger partial charge >= 0.3 is 0 Å². The van der Waals surface area contributed by atoms with Crippen LogP contribution in [0.5, 0.6) is 0 Å². The second-order valence-electron chi connectivity index (χ2n) is 5.95. The number of anilines is 2. The fourth-order valence-corrected chi connectivity index (χ4v) is 3.08. The molecule has 0 saturated carbocycles. The summed E-state index contributed by atoms with van der Waals surface area (Å²) in [5, 5.41) is 4.40. The number of aromatic nitrogens is 2. The number of fused-ring (bicyclic) bond motifs is 1. The molecule has 0 atom stereocenters. The Bertz CT molecular complexity index is 914. The Hall–Kier alpha value is -2.33. The number of nitrogens with one attached hydrogen (secondary N) is 2. The summed E-state index contributed by atoms with van der Waals surface area (Å²) in [5.74, 6) is -0.426. The molecule has 3 aromatic rings. The molecule has 0 aliphatic rings. The van der Waals surface area contributed by atoms with Crippen molar-refractivity contribution in [3.63, 3.8) is 0 Å². The first-order valence-corrected chi connectivity index (χ1v) is 8.89. The van der Waals surface area contributed by atoms with Gasteiger partial charge in [0.15, 0.2) is 0 Å². The quantitative estimate of drug-likeness (QED) is 0.515. The molecular formula is C20H21ClFN3. The molecule has 25 heavy (non-hydrogen) atoms. The van der Waals surface area contributed by atoms with Gasteiger partial charge < -0.3 is 10.3 Å². The maximum absolute atomic E-state index is 13.3. The minimum Gasteiger partial charge on any atom is -0.355 e. The number of rotatable bonds is 6. The molecule has 2 heterocycles. The van der Waals surface area contributed by atoms with Crippen LogP contribution in [0.15, 0.2) is 42.6 Å². The highest BCUT2D eigenvalue weighted by atomic mass is 35.5. The van der Waals surface area contributed by atoms with Gasteiger partial charge in [0, 0.05) is 23.0 Å². The number of aromatic amines is 1. The highest BCUT2D eigenvalue weighted by Gasteiger charge is 2.10. The molecule has 0 saturated heterocycles. The van der Waals surface area contributed by atoms with Gasteiger partial charge in [-0.1, -0.05) is 37.9 Å². The van der Waals surface area contributed by atoms with E-state index in [1.165, 1.54) is 11.6 Å². The number of H-pyrrole nitrogens is 1. The molecule has 0 aliphatic carbocycles. The number of benzene rings is 1. The number of nitrogens with zero attached hydrogens (tertiary/aromatic N) is 1. The summed E-state index contributed by atoms with van der Waals surface area (Å²) >= 11 is 5.87. The molecule has 2 N–H and O–H groups in total. The third-order valence-electron chi connectivity index (χ3n) is 4.05. The average molecular weight is 358 g/mol. The van der Waals surface area contributed by atoms with E-state index < -0.39 is 5.82 Å². The molecule has 0 amide bonds. The summed E-state index contributed by atoms with van der Waals surface area (Å²) in [4.78, 5) is 7.84. The van der Waals surface area contributed by atoms with Crippen LogP contribution in [-0.4, -0.2) is 9.97 Å². The number of halogens is 2. The fraction of sp³-hybridized carbons (Fsp3) is 0.250. The first-order chi connectivity index (χ1) is 12.1. The van der Waals surface area contributed by atoms with Crippen molar-refractivity contribution in [1.29, 1.82) is 0 Å². The van der Waals surface area contributed by atoms with Crippen molar-refractivity contribution < 1.29 is 4.39 Å². The predicted octanol–water partition coefficient (Wildman–Crippen LogP) is 6.69. The van der Waals surface area contributed by atoms with E-state index in [0.29, 0.717) is 0 Å². The van der Waals surface area contributed by atoms with E-state index in [1.54, 1.807) is 18.3 Å². The third kappa shape index (κ3) is 3.85. The molecule has 0 aliphatic heterocycles. The van der Waals surface area contributed by atoms with Crippen LogP contribution in [0.2, 0.25) is 5.02 Å². The maximum Gasteiger partial charge on any atom is 0.141 e. The smallest absolute Gasteiger partial charge is 0.141 e. The Morgan fingerprint density at radius 2 is 2.12 bits per heavy atom. The van der Waals surface area contributed by atoms with Crippen molar-refractivity contribution in [2.24, 2.45) is 0 Å². The Morgan fingerprint density at radius 1 is 1.28 bits per heavy atom. The van der Waals surface area contributed by atoms with E-state index in [0.717, 1.165) is 47.4 Å². The summed E-state index contributed by atoms with van der Waals surface area (Å²) in [7, 11) is 0. The van der Waals surface area contributed by atoms with E-state index >= 15 is 0 Å². The van der Waals surface area contributed by atoms with Gasteiger partial charge in [0.05, 0.1) is 10.7 Å². The van der Waals surface area contributed by atoms with E-state index in [-0.39, 0.29) is 5.02 Å². The molecule has 0 fully saturated rings. The van der Waals surface area contributed by atoms with Crippen molar-refractivity contribution in [1.82, 2.24) is 9.97 Å². The van der Waals surface area contributed by atoms with Gasteiger partial charge in [0.1, 0.15) is 11.5 Å². The van der Waals surface area contributed by atoms with Crippen molar-refractivity contribution in [3.8, 4) is 0 Å². The molecule has 0 bridgehead atoms. The van der Waals surface area contributed by atoms with E-state index in [1.807, 2.05) is 6.07 Å². The lowest BCUT2D eigenvalue weighted by atomic mass is 10.1. The van der Waals surface area contributed by atoms with Crippen molar-refractivity contribution in [3.05, 3.63) is 59.1 Å². The molecule has 2 aromatic heterocycles. The first-order valence-electron chi connectivity index (χ1n) is 8.51. The highest BCUT2D eigenvalue weighted by Crippen LogP contribution is 2.30. The molecular weight excluding hydrogens is 337 g/mol. The maximum atomic E-state index is 13.3. The van der Waals surface area contributed by atoms with Crippen molar-refractivity contribution in [2.75, 3.05) is 5.32 Å². The average Bonchev–Trinajstić information content (AvgIpc) is 3.03. The molecule has 130 valence electrons. The molecule has 0 spiro atoms. The van der Waals surface area contributed by atoms with Crippen LogP contribution < -0.4 is 5.32 Å². The lowest BCUT2D eigenvalue weighted by molar-refractivity contribution is 0.628. The van der Waals surface area contributed by atoms with Gasteiger partial charge in [-0.25, -0.2) is 9.37 Å². The molecule has 0 radical (unpaired) electrons. The van der Waals surface area contributed by atoms with Crippen LogP contribution in [0.4, 0.5) is 15.8 Å². The summed E-state index contributed by atoms with van der Waals surface area (Å²) in [5.41, 5.74) is 4.87. The number of allylic oxidation sites excluding steroid dienone is 2. The first kappa shape index (κ1) is 17.5. The lowest BCUT2D eigenvalue weighted by Gasteiger charge is -2.08. The van der Waals surface area contributed by atoms with Gasteiger partial charge in [-0.15, -0.1) is 0 Å². The van der Waals surface area contributed by atoms with Crippen LogP contribution in [0.25, 0.3) is 16.6 Å². The van der Waals surface area contributed by atoms with Gasteiger partial charge in [-0.05, 0) is 48.7 Å². The topological polar surface area (TPSA) is 40.7 Å². The lowest BCUT2D eigenvalue weighted by Crippen LogP contribution is -1.92. The standard InChI is InChI=1S/C20H21ClFN3/c1-3-5-13(6-4-2)19-12-15-18(9-10-23-20(15)25-19)24-14-7-8-17(22)16(21)11-14/h5,7-12H,3-4,6H2,1-2H3,(H2,23,24,25)/b13-5+. The summed E-state index contributed by atoms with van der Waals surface area (Å²) in [6.07, 6.45) is 7.11. The SMILES string of the molecule is CC/C=C(\CCC)c1cc2c(Nc3ccc(F)c(Cl)c3)ccnc2[nH]1. The largest absolute Gasteiger partial charge is 0.355 e. The number of hydrogen-bond acceptors (Lipinski definition) is 2. The summed E-state index contributed by atoms with van der Waals surface area (Å²) in [6.45, 7) is 4.32. The fourth-order valence-electron chi connectivity index (χ4n) is 2.90. The Kier molecular flexibility index (Phi) is 5.39. The van der Waals surface area contributed by atoms with Crippen LogP contribution in [0.3, 0.4) is 0 Å². The van der Waals surface area contributed by atoms with Crippen LogP contribution in [0, 0.1) is 5.82 Å². The summed E-state index contributed by atoms with van der Waals surface area (Å²) in [6, 6.07) is 8.62. The van der Waals surface area contributed by atoms with Gasteiger partial charge in [0.25, 0.3) is 0 Å². The van der Waals surface area contributed by atoms with Gasteiger partial charge in [0.2, 0.25) is 0 Å². The number of pyridine rings is 1. The van der Waals surface area contributed by atoms with Crippen LogP contribution >= 0.6 is 11.6 Å². The zero-order chi connectivity index (χ0) is 17.8. The second-order valence-corrected chi connectivity index (χ2v) is 6.35. The molecule has 1 aromatic carbocycles. The van der Waals surface area contributed by atoms with Crippen molar-refractivity contribution in [2.45, 2.75) is 33.1 Å². The van der Waals surface area contributed by atoms with E-state index in [4.69, 9.17) is 11.6 Å². The number of hydrogen-bond donors (Lipinski definition) is 2. The summed E-state index contributed by atoms with van der Waals surface area (Å²) < 4.78 is 13.3.